The molecule has 0 aromatic rings. The van der Waals surface area contributed by atoms with Gasteiger partial charge in [-0.25, -0.2) is 0 Å². The molecule has 0 bridgehead atoms. The quantitative estimate of drug-likeness (QED) is 0.716. The molecule has 1 heterocycles. The van der Waals surface area contributed by atoms with Gasteiger partial charge in [-0.3, -0.25) is 0 Å². The molecule has 4 heteroatoms. The highest BCUT2D eigenvalue weighted by Crippen LogP contribution is 2.38. The Hall–Kier alpha value is -0.350. The Balaban J connectivity index is 1.79. The maximum Gasteiger partial charge on any atom is 0.166 e. The van der Waals surface area contributed by atoms with Crippen LogP contribution in [0, 0.1) is 5.92 Å². The van der Waals surface area contributed by atoms with Gasteiger partial charge in [-0.05, 0) is 51.2 Å². The smallest absolute Gasteiger partial charge is 0.166 e. The van der Waals surface area contributed by atoms with Crippen molar-refractivity contribution in [2.24, 2.45) is 5.92 Å². The lowest BCUT2D eigenvalue weighted by Crippen LogP contribution is -2.47. The molecule has 1 saturated heterocycles. The van der Waals surface area contributed by atoms with E-state index in [0.717, 1.165) is 24.1 Å². The molecule has 2 unspecified atom stereocenters. The van der Waals surface area contributed by atoms with Crippen molar-refractivity contribution < 1.29 is 4.74 Å². The van der Waals surface area contributed by atoms with Gasteiger partial charge in [0.25, 0.3) is 0 Å². The number of rotatable bonds is 3. The van der Waals surface area contributed by atoms with Gasteiger partial charge in [-0.1, -0.05) is 0 Å². The van der Waals surface area contributed by atoms with Gasteiger partial charge in [-0.2, -0.15) is 0 Å². The fraction of sp³-hybridized carbons (Fsp3) is 0.909. The predicted octanol–water partition coefficient (Wildman–Crippen LogP) is 1.43. The average molecular weight is 228 g/mol. The number of ether oxygens (including phenoxy) is 1. The molecule has 0 spiro atoms. The highest BCUT2D eigenvalue weighted by molar-refractivity contribution is 7.80. The van der Waals surface area contributed by atoms with Crippen LogP contribution in [-0.2, 0) is 4.74 Å². The van der Waals surface area contributed by atoms with Gasteiger partial charge in [0.2, 0.25) is 0 Å². The first-order valence-corrected chi connectivity index (χ1v) is 6.26. The van der Waals surface area contributed by atoms with Crippen LogP contribution < -0.4 is 10.6 Å². The van der Waals surface area contributed by atoms with Crippen LogP contribution >= 0.6 is 12.2 Å². The number of hydrogen-bond acceptors (Lipinski definition) is 2. The first-order valence-electron chi connectivity index (χ1n) is 5.85. The van der Waals surface area contributed by atoms with Crippen LogP contribution in [0.3, 0.4) is 0 Å². The summed E-state index contributed by atoms with van der Waals surface area (Å²) < 4.78 is 5.75. The Morgan fingerprint density at radius 1 is 1.33 bits per heavy atom. The molecule has 0 radical (unpaired) electrons. The van der Waals surface area contributed by atoms with Crippen molar-refractivity contribution >= 4 is 17.3 Å². The zero-order valence-electron chi connectivity index (χ0n) is 9.45. The minimum Gasteiger partial charge on any atom is -0.376 e. The lowest BCUT2D eigenvalue weighted by Gasteiger charge is -2.22. The van der Waals surface area contributed by atoms with E-state index in [2.05, 4.69) is 24.5 Å². The van der Waals surface area contributed by atoms with Crippen LogP contribution in [0.25, 0.3) is 0 Å². The second-order valence-corrected chi connectivity index (χ2v) is 5.25. The summed E-state index contributed by atoms with van der Waals surface area (Å²) in [5.41, 5.74) is 0. The SMILES string of the molecule is CC(C)NC(=S)NC1CCOC1C1CC1. The zero-order chi connectivity index (χ0) is 10.8. The Morgan fingerprint density at radius 3 is 2.67 bits per heavy atom. The van der Waals surface area contributed by atoms with Crippen LogP contribution in [0.1, 0.15) is 33.1 Å². The fourth-order valence-corrected chi connectivity index (χ4v) is 2.51. The summed E-state index contributed by atoms with van der Waals surface area (Å²) in [6.07, 6.45) is 4.14. The second kappa shape index (κ2) is 4.66. The van der Waals surface area contributed by atoms with Crippen LogP contribution in [0.2, 0.25) is 0 Å². The Kier molecular flexibility index (Phi) is 3.46. The molecule has 0 aromatic carbocycles. The van der Waals surface area contributed by atoms with Gasteiger partial charge < -0.3 is 15.4 Å². The summed E-state index contributed by atoms with van der Waals surface area (Å²) in [7, 11) is 0. The standard InChI is InChI=1S/C11H20N2OS/c1-7(2)12-11(15)13-9-5-6-14-10(9)8-3-4-8/h7-10H,3-6H2,1-2H3,(H2,12,13,15). The maximum absolute atomic E-state index is 5.75. The Morgan fingerprint density at radius 2 is 2.07 bits per heavy atom. The summed E-state index contributed by atoms with van der Waals surface area (Å²) in [5, 5.41) is 7.36. The van der Waals surface area contributed by atoms with Crippen molar-refractivity contribution in [2.75, 3.05) is 6.61 Å². The fourth-order valence-electron chi connectivity index (χ4n) is 2.13. The molecule has 86 valence electrons. The van der Waals surface area contributed by atoms with Crippen molar-refractivity contribution in [2.45, 2.75) is 51.3 Å². The third-order valence-electron chi connectivity index (χ3n) is 2.96. The van der Waals surface area contributed by atoms with Crippen LogP contribution in [0.5, 0.6) is 0 Å². The van der Waals surface area contributed by atoms with Crippen molar-refractivity contribution in [3.63, 3.8) is 0 Å². The molecule has 2 N–H and O–H groups in total. The largest absolute Gasteiger partial charge is 0.376 e. The molecular formula is C11H20N2OS. The topological polar surface area (TPSA) is 33.3 Å². The van der Waals surface area contributed by atoms with E-state index in [0.29, 0.717) is 18.2 Å². The van der Waals surface area contributed by atoms with E-state index in [1.807, 2.05) is 0 Å². The monoisotopic (exact) mass is 228 g/mol. The molecule has 15 heavy (non-hydrogen) atoms. The summed E-state index contributed by atoms with van der Waals surface area (Å²) in [6.45, 7) is 5.07. The van der Waals surface area contributed by atoms with Gasteiger partial charge in [-0.15, -0.1) is 0 Å². The summed E-state index contributed by atoms with van der Waals surface area (Å²) in [6, 6.07) is 0.822. The molecule has 1 aliphatic carbocycles. The molecule has 2 atom stereocenters. The Bertz CT molecular complexity index is 241. The molecule has 1 saturated carbocycles. The molecule has 2 fully saturated rings. The first kappa shape index (κ1) is 11.1. The van der Waals surface area contributed by atoms with E-state index in [1.165, 1.54) is 12.8 Å². The molecular weight excluding hydrogens is 208 g/mol. The average Bonchev–Trinajstić information content (AvgIpc) is 2.87. The zero-order valence-corrected chi connectivity index (χ0v) is 10.3. The predicted molar refractivity (Wildman–Crippen MR) is 64.9 cm³/mol. The van der Waals surface area contributed by atoms with Crippen LogP contribution in [0.15, 0.2) is 0 Å². The minimum absolute atomic E-state index is 0.395. The molecule has 2 rings (SSSR count). The summed E-state index contributed by atoms with van der Waals surface area (Å²) >= 11 is 5.25. The van der Waals surface area contributed by atoms with Crippen molar-refractivity contribution in [1.82, 2.24) is 10.6 Å². The Labute approximate surface area is 96.9 Å². The lowest BCUT2D eigenvalue weighted by molar-refractivity contribution is 0.0842. The number of thiocarbonyl (C=S) groups is 1. The summed E-state index contributed by atoms with van der Waals surface area (Å²) in [5.74, 6) is 0.784. The van der Waals surface area contributed by atoms with Crippen molar-refractivity contribution in [3.05, 3.63) is 0 Å². The van der Waals surface area contributed by atoms with Crippen molar-refractivity contribution in [1.29, 1.82) is 0 Å². The molecule has 0 aromatic heterocycles. The van der Waals surface area contributed by atoms with Crippen LogP contribution in [-0.4, -0.2) is 29.9 Å². The maximum atomic E-state index is 5.75. The normalized spacial score (nSPS) is 30.6. The van der Waals surface area contributed by atoms with Gasteiger partial charge in [0, 0.05) is 12.6 Å². The van der Waals surface area contributed by atoms with E-state index in [1.54, 1.807) is 0 Å². The van der Waals surface area contributed by atoms with Gasteiger partial charge in [0.05, 0.1) is 12.1 Å². The van der Waals surface area contributed by atoms with Gasteiger partial charge in [0.15, 0.2) is 5.11 Å². The van der Waals surface area contributed by atoms with Gasteiger partial charge >= 0.3 is 0 Å². The third kappa shape index (κ3) is 3.05. The van der Waals surface area contributed by atoms with E-state index in [9.17, 15) is 0 Å². The number of nitrogens with one attached hydrogen (secondary N) is 2. The van der Waals surface area contributed by atoms with E-state index in [4.69, 9.17) is 17.0 Å². The van der Waals surface area contributed by atoms with E-state index in [-0.39, 0.29) is 0 Å². The summed E-state index contributed by atoms with van der Waals surface area (Å²) in [4.78, 5) is 0. The lowest BCUT2D eigenvalue weighted by atomic mass is 10.1. The van der Waals surface area contributed by atoms with E-state index < -0.39 is 0 Å². The number of hydrogen-bond donors (Lipinski definition) is 2. The minimum atomic E-state index is 0.395. The highest BCUT2D eigenvalue weighted by Gasteiger charge is 2.40. The molecule has 2 aliphatic rings. The highest BCUT2D eigenvalue weighted by atomic mass is 32.1. The van der Waals surface area contributed by atoms with Crippen LogP contribution in [0.4, 0.5) is 0 Å². The third-order valence-corrected chi connectivity index (χ3v) is 3.19. The molecule has 1 aliphatic heterocycles. The molecule has 0 amide bonds. The molecule has 3 nitrogen and oxygen atoms in total. The second-order valence-electron chi connectivity index (χ2n) is 4.84. The van der Waals surface area contributed by atoms with Crippen molar-refractivity contribution in [3.8, 4) is 0 Å². The first-order chi connectivity index (χ1) is 7.16. The van der Waals surface area contributed by atoms with E-state index >= 15 is 0 Å². The van der Waals surface area contributed by atoms with Gasteiger partial charge in [0.1, 0.15) is 0 Å².